The molecule has 2 rings (SSSR count). The maximum atomic E-state index is 12.2. The molecule has 0 bridgehead atoms. The lowest BCUT2D eigenvalue weighted by Gasteiger charge is -2.32. The topological polar surface area (TPSA) is 58.8 Å². The molecule has 0 aromatic heterocycles. The normalized spacial score (nSPS) is 29.3. The van der Waals surface area contributed by atoms with Gasteiger partial charge in [0.15, 0.2) is 0 Å². The van der Waals surface area contributed by atoms with Crippen molar-refractivity contribution in [2.75, 3.05) is 39.4 Å². The predicted molar refractivity (Wildman–Crippen MR) is 70.2 cm³/mol. The summed E-state index contributed by atoms with van der Waals surface area (Å²) in [5.41, 5.74) is 5.81. The van der Waals surface area contributed by atoms with Gasteiger partial charge in [-0.15, -0.1) is 0 Å². The molecule has 5 nitrogen and oxygen atoms in total. The minimum atomic E-state index is -0.0755. The number of morpholine rings is 1. The first kappa shape index (κ1) is 13.8. The molecule has 2 fully saturated rings. The van der Waals surface area contributed by atoms with E-state index in [0.29, 0.717) is 6.04 Å². The first-order valence-electron chi connectivity index (χ1n) is 6.95. The third-order valence-corrected chi connectivity index (χ3v) is 4.22. The lowest BCUT2D eigenvalue weighted by molar-refractivity contribution is -0.134. The van der Waals surface area contributed by atoms with Gasteiger partial charge in [0.05, 0.1) is 19.1 Å². The molecule has 2 N–H and O–H groups in total. The third kappa shape index (κ3) is 3.02. The molecule has 3 atom stereocenters. The Bertz CT molecular complexity index is 290. The molecule has 2 saturated heterocycles. The highest BCUT2D eigenvalue weighted by atomic mass is 16.5. The van der Waals surface area contributed by atoms with Crippen molar-refractivity contribution in [1.82, 2.24) is 9.80 Å². The largest absolute Gasteiger partial charge is 0.379 e. The predicted octanol–water partition coefficient (Wildman–Crippen LogP) is -0.0972. The first-order valence-corrected chi connectivity index (χ1v) is 6.95. The molecular formula is C13H25N3O2. The van der Waals surface area contributed by atoms with Crippen molar-refractivity contribution in [3.63, 3.8) is 0 Å². The third-order valence-electron chi connectivity index (χ3n) is 4.22. The van der Waals surface area contributed by atoms with Crippen molar-refractivity contribution in [3.05, 3.63) is 0 Å². The van der Waals surface area contributed by atoms with E-state index in [1.165, 1.54) is 0 Å². The van der Waals surface area contributed by atoms with Gasteiger partial charge in [0.1, 0.15) is 0 Å². The molecular weight excluding hydrogens is 230 g/mol. The Morgan fingerprint density at radius 2 is 1.94 bits per heavy atom. The van der Waals surface area contributed by atoms with Crippen LogP contribution in [-0.4, -0.2) is 67.2 Å². The van der Waals surface area contributed by atoms with Crippen LogP contribution in [-0.2, 0) is 9.53 Å². The van der Waals surface area contributed by atoms with E-state index in [1.807, 2.05) is 18.7 Å². The van der Waals surface area contributed by atoms with Crippen LogP contribution in [0.5, 0.6) is 0 Å². The number of carbonyl (C=O) groups is 1. The fraction of sp³-hybridized carbons (Fsp3) is 0.923. The zero-order chi connectivity index (χ0) is 13.1. The van der Waals surface area contributed by atoms with E-state index < -0.39 is 0 Å². The van der Waals surface area contributed by atoms with Gasteiger partial charge in [0.25, 0.3) is 0 Å². The Kier molecular flexibility index (Phi) is 4.59. The molecule has 5 heteroatoms. The number of hydrogen-bond acceptors (Lipinski definition) is 4. The summed E-state index contributed by atoms with van der Waals surface area (Å²) >= 11 is 0. The van der Waals surface area contributed by atoms with Gasteiger partial charge in [-0.3, -0.25) is 9.69 Å². The van der Waals surface area contributed by atoms with Crippen molar-refractivity contribution in [2.24, 2.45) is 11.7 Å². The molecule has 2 aliphatic heterocycles. The van der Waals surface area contributed by atoms with Crippen LogP contribution in [0, 0.1) is 5.92 Å². The molecule has 2 heterocycles. The molecule has 3 unspecified atom stereocenters. The molecule has 0 aliphatic carbocycles. The van der Waals surface area contributed by atoms with E-state index >= 15 is 0 Å². The van der Waals surface area contributed by atoms with Crippen molar-refractivity contribution in [3.8, 4) is 0 Å². The van der Waals surface area contributed by atoms with Crippen LogP contribution in [0.25, 0.3) is 0 Å². The van der Waals surface area contributed by atoms with Gasteiger partial charge in [0, 0.05) is 38.3 Å². The van der Waals surface area contributed by atoms with Crippen LogP contribution in [0.4, 0.5) is 0 Å². The smallest absolute Gasteiger partial charge is 0.227 e. The van der Waals surface area contributed by atoms with E-state index in [0.717, 1.165) is 45.8 Å². The van der Waals surface area contributed by atoms with E-state index in [-0.39, 0.29) is 17.9 Å². The number of nitrogens with two attached hydrogens (primary N) is 1. The van der Waals surface area contributed by atoms with Crippen LogP contribution < -0.4 is 5.73 Å². The summed E-state index contributed by atoms with van der Waals surface area (Å²) in [6.45, 7) is 9.19. The summed E-state index contributed by atoms with van der Waals surface area (Å²) in [4.78, 5) is 16.6. The highest BCUT2D eigenvalue weighted by Crippen LogP contribution is 2.19. The number of nitrogens with zero attached hydrogens (tertiary/aromatic N) is 2. The van der Waals surface area contributed by atoms with Gasteiger partial charge in [0.2, 0.25) is 5.91 Å². The SMILES string of the molecule is CC(N)C(C)C(=O)N1CCC(N2CCOCC2)C1. The minimum Gasteiger partial charge on any atom is -0.379 e. The monoisotopic (exact) mass is 255 g/mol. The molecule has 2 aliphatic rings. The number of ether oxygens (including phenoxy) is 1. The summed E-state index contributed by atoms with van der Waals surface area (Å²) in [7, 11) is 0. The van der Waals surface area contributed by atoms with Crippen LogP contribution in [0.15, 0.2) is 0 Å². The lowest BCUT2D eigenvalue weighted by Crippen LogP contribution is -2.46. The average Bonchev–Trinajstić information content (AvgIpc) is 2.87. The van der Waals surface area contributed by atoms with Crippen LogP contribution >= 0.6 is 0 Å². The van der Waals surface area contributed by atoms with Gasteiger partial charge >= 0.3 is 0 Å². The van der Waals surface area contributed by atoms with Gasteiger partial charge in [-0.1, -0.05) is 6.92 Å². The van der Waals surface area contributed by atoms with Gasteiger partial charge in [-0.05, 0) is 13.3 Å². The molecule has 0 aromatic carbocycles. The standard InChI is InChI=1S/C13H25N3O2/c1-10(11(2)14)13(17)16-4-3-12(9-16)15-5-7-18-8-6-15/h10-12H,3-9,14H2,1-2H3. The fourth-order valence-electron chi connectivity index (χ4n) is 2.70. The summed E-state index contributed by atoms with van der Waals surface area (Å²) in [5, 5.41) is 0. The van der Waals surface area contributed by atoms with Crippen molar-refractivity contribution < 1.29 is 9.53 Å². The molecule has 104 valence electrons. The molecule has 18 heavy (non-hydrogen) atoms. The summed E-state index contributed by atoms with van der Waals surface area (Å²) < 4.78 is 5.36. The molecule has 0 spiro atoms. The second kappa shape index (κ2) is 5.99. The highest BCUT2D eigenvalue weighted by molar-refractivity contribution is 5.79. The summed E-state index contributed by atoms with van der Waals surface area (Å²) in [6, 6.07) is 0.443. The summed E-state index contributed by atoms with van der Waals surface area (Å²) in [6.07, 6.45) is 1.08. The molecule has 1 amide bonds. The lowest BCUT2D eigenvalue weighted by atomic mass is 10.0. The van der Waals surface area contributed by atoms with Gasteiger partial charge in [-0.25, -0.2) is 0 Å². The Balaban J connectivity index is 1.85. The Labute approximate surface area is 109 Å². The minimum absolute atomic E-state index is 0.0695. The Hall–Kier alpha value is -0.650. The van der Waals surface area contributed by atoms with E-state index in [2.05, 4.69) is 4.90 Å². The zero-order valence-corrected chi connectivity index (χ0v) is 11.5. The van der Waals surface area contributed by atoms with E-state index in [9.17, 15) is 4.79 Å². The van der Waals surface area contributed by atoms with Crippen LogP contribution in [0.3, 0.4) is 0 Å². The van der Waals surface area contributed by atoms with Gasteiger partial charge < -0.3 is 15.4 Å². The summed E-state index contributed by atoms with van der Waals surface area (Å²) in [5.74, 6) is 0.134. The Morgan fingerprint density at radius 1 is 1.28 bits per heavy atom. The number of likely N-dealkylation sites (tertiary alicyclic amines) is 1. The zero-order valence-electron chi connectivity index (χ0n) is 11.5. The van der Waals surface area contributed by atoms with Crippen LogP contribution in [0.2, 0.25) is 0 Å². The number of amides is 1. The molecule has 0 radical (unpaired) electrons. The second-order valence-corrected chi connectivity index (χ2v) is 5.52. The number of hydrogen-bond donors (Lipinski definition) is 1. The number of rotatable bonds is 3. The quantitative estimate of drug-likeness (QED) is 0.765. The first-order chi connectivity index (χ1) is 8.59. The van der Waals surface area contributed by atoms with Crippen LogP contribution in [0.1, 0.15) is 20.3 Å². The van der Waals surface area contributed by atoms with E-state index in [4.69, 9.17) is 10.5 Å². The maximum Gasteiger partial charge on any atom is 0.227 e. The average molecular weight is 255 g/mol. The second-order valence-electron chi connectivity index (χ2n) is 5.52. The molecule has 0 aromatic rings. The fourth-order valence-corrected chi connectivity index (χ4v) is 2.70. The van der Waals surface area contributed by atoms with E-state index in [1.54, 1.807) is 0 Å². The van der Waals surface area contributed by atoms with Crippen molar-refractivity contribution in [2.45, 2.75) is 32.4 Å². The molecule has 0 saturated carbocycles. The Morgan fingerprint density at radius 3 is 2.56 bits per heavy atom. The van der Waals surface area contributed by atoms with Crippen molar-refractivity contribution >= 4 is 5.91 Å². The van der Waals surface area contributed by atoms with Gasteiger partial charge in [-0.2, -0.15) is 0 Å². The highest BCUT2D eigenvalue weighted by Gasteiger charge is 2.33. The number of carbonyl (C=O) groups excluding carboxylic acids is 1. The van der Waals surface area contributed by atoms with Crippen molar-refractivity contribution in [1.29, 1.82) is 0 Å². The maximum absolute atomic E-state index is 12.2.